The van der Waals surface area contributed by atoms with Crippen molar-refractivity contribution in [3.63, 3.8) is 0 Å². The van der Waals surface area contributed by atoms with Gasteiger partial charge in [0, 0.05) is 0 Å². The van der Waals surface area contributed by atoms with E-state index in [2.05, 4.69) is 36.2 Å². The van der Waals surface area contributed by atoms with Crippen LogP contribution in [-0.4, -0.2) is 22.0 Å². The van der Waals surface area contributed by atoms with Gasteiger partial charge in [0.2, 0.25) is 0 Å². The maximum atomic E-state index is 10.5. The molecule has 0 aliphatic heterocycles. The van der Waals surface area contributed by atoms with Crippen LogP contribution in [0.3, 0.4) is 0 Å². The van der Waals surface area contributed by atoms with Crippen LogP contribution in [0.15, 0.2) is 18.2 Å². The van der Waals surface area contributed by atoms with Crippen LogP contribution >= 0.6 is 0 Å². The molecule has 1 aromatic carbocycles. The number of rotatable bonds is 21. The zero-order valence-electron chi connectivity index (χ0n) is 20.0. The fourth-order valence-corrected chi connectivity index (χ4v) is 4.14. The molecule has 180 valence electrons. The summed E-state index contributed by atoms with van der Waals surface area (Å²) in [6.07, 6.45) is 20.5. The van der Waals surface area contributed by atoms with Crippen LogP contribution in [0.5, 0.6) is 5.75 Å². The van der Waals surface area contributed by atoms with Gasteiger partial charge in [-0.1, -0.05) is 103 Å². The fraction of sp³-hybridized carbons (Fsp3) is 0.769. The molecule has 0 N–H and O–H groups in total. The standard InChI is InChI=1S/C26H46O4S/c1-3-5-7-9-11-13-15-17-24-19-20-26(29-21-22-30-31(27)28)25(23-24)18-16-14-12-10-8-6-4-2/h19-20,23H,3-18,21-22H2,1-2H3,(H,27,28)/p-1. The Morgan fingerprint density at radius 1 is 0.742 bits per heavy atom. The highest BCUT2D eigenvalue weighted by molar-refractivity contribution is 7.74. The molecule has 5 heteroatoms. The second kappa shape index (κ2) is 19.8. The third kappa shape index (κ3) is 15.5. The van der Waals surface area contributed by atoms with E-state index in [4.69, 9.17) is 4.74 Å². The summed E-state index contributed by atoms with van der Waals surface area (Å²) in [7, 11) is 0. The van der Waals surface area contributed by atoms with Gasteiger partial charge in [-0.25, -0.2) is 4.21 Å². The zero-order chi connectivity index (χ0) is 22.6. The third-order valence-electron chi connectivity index (χ3n) is 5.76. The van der Waals surface area contributed by atoms with Gasteiger partial charge in [-0.2, -0.15) is 0 Å². The first-order chi connectivity index (χ1) is 15.2. The third-order valence-corrected chi connectivity index (χ3v) is 6.12. The molecule has 0 aliphatic rings. The minimum atomic E-state index is -2.48. The first-order valence-electron chi connectivity index (χ1n) is 12.6. The van der Waals surface area contributed by atoms with Gasteiger partial charge in [0.15, 0.2) is 0 Å². The monoisotopic (exact) mass is 453 g/mol. The smallest absolute Gasteiger partial charge is 0.122 e. The van der Waals surface area contributed by atoms with Gasteiger partial charge in [0.25, 0.3) is 0 Å². The van der Waals surface area contributed by atoms with E-state index in [9.17, 15) is 8.76 Å². The molecule has 0 radical (unpaired) electrons. The van der Waals surface area contributed by atoms with E-state index in [1.807, 2.05) is 0 Å². The molecule has 0 aromatic heterocycles. The van der Waals surface area contributed by atoms with Gasteiger partial charge in [-0.05, 0) is 42.9 Å². The molecule has 0 aliphatic carbocycles. The van der Waals surface area contributed by atoms with E-state index < -0.39 is 11.4 Å². The van der Waals surface area contributed by atoms with Crippen molar-refractivity contribution in [1.29, 1.82) is 0 Å². The summed E-state index contributed by atoms with van der Waals surface area (Å²) >= 11 is -2.48. The van der Waals surface area contributed by atoms with E-state index in [0.29, 0.717) is 0 Å². The molecule has 31 heavy (non-hydrogen) atoms. The Balaban J connectivity index is 2.47. The van der Waals surface area contributed by atoms with E-state index in [1.165, 1.54) is 101 Å². The second-order valence-electron chi connectivity index (χ2n) is 8.56. The van der Waals surface area contributed by atoms with Gasteiger partial charge in [-0.3, -0.25) is 4.18 Å². The molecule has 1 aromatic rings. The Kier molecular flexibility index (Phi) is 17.9. The molecule has 0 saturated carbocycles. The summed E-state index contributed by atoms with van der Waals surface area (Å²) in [6, 6.07) is 6.52. The first kappa shape index (κ1) is 28.1. The van der Waals surface area contributed by atoms with Crippen molar-refractivity contribution in [2.45, 2.75) is 117 Å². The van der Waals surface area contributed by atoms with Gasteiger partial charge >= 0.3 is 0 Å². The zero-order valence-corrected chi connectivity index (χ0v) is 20.8. The van der Waals surface area contributed by atoms with Crippen LogP contribution in [0.25, 0.3) is 0 Å². The van der Waals surface area contributed by atoms with Gasteiger partial charge < -0.3 is 9.29 Å². The fourth-order valence-electron chi connectivity index (χ4n) is 3.94. The summed E-state index contributed by atoms with van der Waals surface area (Å²) in [5.41, 5.74) is 2.63. The van der Waals surface area contributed by atoms with Crippen molar-refractivity contribution in [1.82, 2.24) is 0 Å². The average molecular weight is 454 g/mol. The molecule has 0 amide bonds. The topological polar surface area (TPSA) is 58.6 Å². The molecular weight excluding hydrogens is 408 g/mol. The van der Waals surface area contributed by atoms with Crippen LogP contribution in [0.2, 0.25) is 0 Å². The normalized spacial score (nSPS) is 12.2. The maximum absolute atomic E-state index is 10.5. The molecule has 1 atom stereocenters. The van der Waals surface area contributed by atoms with Crippen LogP contribution in [0, 0.1) is 0 Å². The van der Waals surface area contributed by atoms with Crippen LogP contribution in [0.4, 0.5) is 0 Å². The molecule has 1 rings (SSSR count). The van der Waals surface area contributed by atoms with E-state index in [-0.39, 0.29) is 13.2 Å². The summed E-state index contributed by atoms with van der Waals surface area (Å²) in [5, 5.41) is 0. The number of hydrogen-bond acceptors (Lipinski definition) is 4. The van der Waals surface area contributed by atoms with E-state index in [1.54, 1.807) is 0 Å². The molecule has 0 saturated heterocycles. The lowest BCUT2D eigenvalue weighted by molar-refractivity contribution is 0.214. The Morgan fingerprint density at radius 2 is 1.29 bits per heavy atom. The quantitative estimate of drug-likeness (QED) is 0.143. The SMILES string of the molecule is CCCCCCCCCc1ccc(OCCOS(=O)[O-])c(CCCCCCCCC)c1. The second-order valence-corrected chi connectivity index (χ2v) is 9.20. The number of unbranched alkanes of at least 4 members (excludes halogenated alkanes) is 12. The van der Waals surface area contributed by atoms with Crippen molar-refractivity contribution >= 4 is 11.4 Å². The highest BCUT2D eigenvalue weighted by Crippen LogP contribution is 2.24. The number of ether oxygens (including phenoxy) is 1. The van der Waals surface area contributed by atoms with Crippen LogP contribution in [-0.2, 0) is 28.4 Å². The van der Waals surface area contributed by atoms with Crippen molar-refractivity contribution in [3.05, 3.63) is 29.3 Å². The van der Waals surface area contributed by atoms with Crippen molar-refractivity contribution in [3.8, 4) is 5.75 Å². The largest absolute Gasteiger partial charge is 0.750 e. The minimum Gasteiger partial charge on any atom is -0.750 e. The molecule has 0 bridgehead atoms. The Hall–Kier alpha value is -0.910. The Bertz CT molecular complexity index is 577. The van der Waals surface area contributed by atoms with Crippen molar-refractivity contribution < 1.29 is 17.7 Å². The molecule has 4 nitrogen and oxygen atoms in total. The molecule has 0 spiro atoms. The molecule has 0 heterocycles. The summed E-state index contributed by atoms with van der Waals surface area (Å²) in [6.45, 7) is 4.80. The lowest BCUT2D eigenvalue weighted by atomic mass is 9.99. The van der Waals surface area contributed by atoms with Gasteiger partial charge in [0.05, 0.1) is 18.0 Å². The average Bonchev–Trinajstić information content (AvgIpc) is 2.76. The number of aryl methyl sites for hydroxylation is 2. The first-order valence-corrected chi connectivity index (χ1v) is 13.6. The summed E-state index contributed by atoms with van der Waals surface area (Å²) in [5.74, 6) is 0.870. The lowest BCUT2D eigenvalue weighted by Gasteiger charge is -2.14. The molecule has 1 unspecified atom stereocenters. The van der Waals surface area contributed by atoms with Gasteiger partial charge in [0.1, 0.15) is 12.4 Å². The van der Waals surface area contributed by atoms with E-state index >= 15 is 0 Å². The van der Waals surface area contributed by atoms with E-state index in [0.717, 1.165) is 18.6 Å². The van der Waals surface area contributed by atoms with Crippen molar-refractivity contribution in [2.24, 2.45) is 0 Å². The predicted molar refractivity (Wildman–Crippen MR) is 130 cm³/mol. The Labute approximate surface area is 194 Å². The number of hydrogen-bond donors (Lipinski definition) is 0. The highest BCUT2D eigenvalue weighted by Gasteiger charge is 2.07. The number of benzene rings is 1. The highest BCUT2D eigenvalue weighted by atomic mass is 32.2. The van der Waals surface area contributed by atoms with Crippen LogP contribution in [0.1, 0.15) is 115 Å². The minimum absolute atomic E-state index is 0.0484. The van der Waals surface area contributed by atoms with Crippen LogP contribution < -0.4 is 4.74 Å². The molecular formula is C26H45O4S-. The summed E-state index contributed by atoms with van der Waals surface area (Å²) in [4.78, 5) is 0. The Morgan fingerprint density at radius 3 is 1.87 bits per heavy atom. The maximum Gasteiger partial charge on any atom is 0.122 e. The van der Waals surface area contributed by atoms with Crippen molar-refractivity contribution in [2.75, 3.05) is 13.2 Å². The predicted octanol–water partition coefficient (Wildman–Crippen LogP) is 7.46. The molecule has 0 fully saturated rings. The lowest BCUT2D eigenvalue weighted by Crippen LogP contribution is -2.09. The summed E-state index contributed by atoms with van der Waals surface area (Å²) < 4.78 is 31.4. The van der Waals surface area contributed by atoms with Gasteiger partial charge in [-0.15, -0.1) is 0 Å².